The van der Waals surface area contributed by atoms with E-state index in [4.69, 9.17) is 5.11 Å². The Labute approximate surface area is 80.7 Å². The van der Waals surface area contributed by atoms with E-state index in [1.165, 1.54) is 6.08 Å². The van der Waals surface area contributed by atoms with Crippen LogP contribution in [0, 0.1) is 0 Å². The van der Waals surface area contributed by atoms with Crippen molar-refractivity contribution in [2.75, 3.05) is 0 Å². The lowest BCUT2D eigenvalue weighted by molar-refractivity contribution is 0.0990. The second kappa shape index (κ2) is 3.83. The summed E-state index contributed by atoms with van der Waals surface area (Å²) < 4.78 is 0. The molecule has 0 heterocycles. The van der Waals surface area contributed by atoms with Crippen LogP contribution in [-0.2, 0) is 0 Å². The molecule has 0 fully saturated rings. The third-order valence-electron chi connectivity index (χ3n) is 1.69. The van der Waals surface area contributed by atoms with E-state index in [0.717, 1.165) is 12.1 Å². The van der Waals surface area contributed by atoms with E-state index in [1.807, 2.05) is 0 Å². The van der Waals surface area contributed by atoms with Gasteiger partial charge in [-0.15, -0.1) is 6.58 Å². The summed E-state index contributed by atoms with van der Waals surface area (Å²) in [6.07, 6.45) is 1.39. The van der Waals surface area contributed by atoms with E-state index in [9.17, 15) is 15.0 Å². The lowest BCUT2D eigenvalue weighted by atomic mass is 10.1. The topological polar surface area (TPSA) is 77.8 Å². The average molecular weight is 194 g/mol. The van der Waals surface area contributed by atoms with Crippen molar-refractivity contribution < 1.29 is 20.1 Å². The van der Waals surface area contributed by atoms with Gasteiger partial charge in [0.2, 0.25) is 0 Å². The van der Waals surface area contributed by atoms with Crippen LogP contribution in [0.4, 0.5) is 0 Å². The van der Waals surface area contributed by atoms with Gasteiger partial charge in [-0.2, -0.15) is 0 Å². The van der Waals surface area contributed by atoms with Crippen LogP contribution in [0.5, 0.6) is 17.2 Å². The van der Waals surface area contributed by atoms with Gasteiger partial charge in [-0.1, -0.05) is 6.08 Å². The van der Waals surface area contributed by atoms with Gasteiger partial charge in [-0.05, 0) is 0 Å². The maximum Gasteiger partial charge on any atom is 0.174 e. The number of benzene rings is 1. The van der Waals surface area contributed by atoms with Gasteiger partial charge in [0.1, 0.15) is 22.8 Å². The van der Waals surface area contributed by atoms with E-state index < -0.39 is 17.3 Å². The van der Waals surface area contributed by atoms with E-state index in [1.54, 1.807) is 0 Å². The fourth-order valence-electron chi connectivity index (χ4n) is 1.12. The Balaban J connectivity index is 3.20. The maximum absolute atomic E-state index is 11.3. The molecule has 3 N–H and O–H groups in total. The van der Waals surface area contributed by atoms with Crippen molar-refractivity contribution in [2.24, 2.45) is 0 Å². The maximum atomic E-state index is 11.3. The van der Waals surface area contributed by atoms with Gasteiger partial charge in [0, 0.05) is 18.6 Å². The third-order valence-corrected chi connectivity index (χ3v) is 1.69. The molecule has 1 aromatic carbocycles. The number of phenols is 3. The highest BCUT2D eigenvalue weighted by Gasteiger charge is 2.16. The zero-order chi connectivity index (χ0) is 10.7. The number of aromatic hydroxyl groups is 3. The lowest BCUT2D eigenvalue weighted by Gasteiger charge is -2.05. The Kier molecular flexibility index (Phi) is 2.76. The first-order valence-corrected chi connectivity index (χ1v) is 3.95. The van der Waals surface area contributed by atoms with Crippen LogP contribution in [0.15, 0.2) is 24.8 Å². The van der Waals surface area contributed by atoms with E-state index >= 15 is 0 Å². The lowest BCUT2D eigenvalue weighted by Crippen LogP contribution is -1.98. The van der Waals surface area contributed by atoms with E-state index in [-0.39, 0.29) is 17.7 Å². The minimum atomic E-state index is -0.449. The first-order valence-electron chi connectivity index (χ1n) is 3.95. The molecule has 4 nitrogen and oxygen atoms in total. The minimum absolute atomic E-state index is 0.0197. The molecule has 0 spiro atoms. The second-order valence-electron chi connectivity index (χ2n) is 2.77. The van der Waals surface area contributed by atoms with Gasteiger partial charge in [0.05, 0.1) is 0 Å². The quantitative estimate of drug-likeness (QED) is 0.504. The number of phenolic OH excluding ortho intramolecular Hbond substituents is 3. The van der Waals surface area contributed by atoms with Gasteiger partial charge in [-0.3, -0.25) is 4.79 Å². The monoisotopic (exact) mass is 194 g/mol. The minimum Gasteiger partial charge on any atom is -0.508 e. The van der Waals surface area contributed by atoms with Gasteiger partial charge >= 0.3 is 0 Å². The van der Waals surface area contributed by atoms with Gasteiger partial charge in [0.25, 0.3) is 0 Å². The summed E-state index contributed by atoms with van der Waals surface area (Å²) in [4.78, 5) is 11.3. The van der Waals surface area contributed by atoms with Crippen LogP contribution in [-0.4, -0.2) is 21.1 Å². The van der Waals surface area contributed by atoms with E-state index in [0.29, 0.717) is 0 Å². The molecule has 0 unspecified atom stereocenters. The third kappa shape index (κ3) is 1.85. The summed E-state index contributed by atoms with van der Waals surface area (Å²) in [6.45, 7) is 3.37. The molecule has 4 heteroatoms. The predicted molar refractivity (Wildman–Crippen MR) is 50.6 cm³/mol. The van der Waals surface area contributed by atoms with Crippen LogP contribution in [0.1, 0.15) is 16.8 Å². The molecule has 0 aliphatic rings. The molecule has 0 atom stereocenters. The fourth-order valence-corrected chi connectivity index (χ4v) is 1.12. The van der Waals surface area contributed by atoms with Crippen molar-refractivity contribution in [1.29, 1.82) is 0 Å². The van der Waals surface area contributed by atoms with Crippen molar-refractivity contribution in [3.8, 4) is 17.2 Å². The highest BCUT2D eigenvalue weighted by atomic mass is 16.3. The molecule has 0 aliphatic carbocycles. The fraction of sp³-hybridized carbons (Fsp3) is 0.100. The first-order chi connectivity index (χ1) is 6.56. The van der Waals surface area contributed by atoms with Crippen LogP contribution in [0.2, 0.25) is 0 Å². The number of ketones is 1. The van der Waals surface area contributed by atoms with Crippen molar-refractivity contribution in [2.45, 2.75) is 6.42 Å². The summed E-state index contributed by atoms with van der Waals surface area (Å²) in [7, 11) is 0. The number of Topliss-reactive ketones (excluding diaryl/α,β-unsaturated/α-hetero) is 1. The van der Waals surface area contributed by atoms with Gasteiger partial charge < -0.3 is 15.3 Å². The Morgan fingerprint density at radius 1 is 1.29 bits per heavy atom. The summed E-state index contributed by atoms with van der Waals surface area (Å²) in [5, 5.41) is 27.6. The zero-order valence-electron chi connectivity index (χ0n) is 7.40. The second-order valence-corrected chi connectivity index (χ2v) is 2.77. The normalized spacial score (nSPS) is 9.71. The Morgan fingerprint density at radius 3 is 2.21 bits per heavy atom. The SMILES string of the molecule is C=CCC(=O)c1c(O)cc(O)cc1O. The first kappa shape index (κ1) is 10.1. The summed E-state index contributed by atoms with van der Waals surface area (Å²) in [5.41, 5.74) is -0.192. The van der Waals surface area contributed by atoms with E-state index in [2.05, 4.69) is 6.58 Å². The Hall–Kier alpha value is -1.97. The van der Waals surface area contributed by atoms with Gasteiger partial charge in [-0.25, -0.2) is 0 Å². The molecule has 1 aromatic rings. The Morgan fingerprint density at radius 2 is 1.79 bits per heavy atom. The molecule has 0 amide bonds. The number of hydrogen-bond donors (Lipinski definition) is 3. The standard InChI is InChI=1S/C10H10O4/c1-2-3-7(12)10-8(13)4-6(11)5-9(10)14/h2,4-5,11,13-14H,1,3H2. The molecule has 0 radical (unpaired) electrons. The number of carbonyl (C=O) groups is 1. The summed E-state index contributed by atoms with van der Waals surface area (Å²) in [6, 6.07) is 1.99. The average Bonchev–Trinajstić information content (AvgIpc) is 2.01. The number of rotatable bonds is 3. The molecule has 0 saturated heterocycles. The molecular formula is C10H10O4. The Bertz CT molecular complexity index is 359. The molecule has 14 heavy (non-hydrogen) atoms. The predicted octanol–water partition coefficient (Wildman–Crippen LogP) is 1.56. The van der Waals surface area contributed by atoms with Crippen molar-refractivity contribution >= 4 is 5.78 Å². The molecule has 1 rings (SSSR count). The zero-order valence-corrected chi connectivity index (χ0v) is 7.40. The van der Waals surface area contributed by atoms with Crippen molar-refractivity contribution in [3.63, 3.8) is 0 Å². The molecule has 74 valence electrons. The molecule has 0 bridgehead atoms. The highest BCUT2D eigenvalue weighted by Crippen LogP contribution is 2.32. The molecule has 0 aromatic heterocycles. The molecule has 0 aliphatic heterocycles. The smallest absolute Gasteiger partial charge is 0.174 e. The number of hydrogen-bond acceptors (Lipinski definition) is 4. The van der Waals surface area contributed by atoms with Crippen molar-refractivity contribution in [3.05, 3.63) is 30.4 Å². The highest BCUT2D eigenvalue weighted by molar-refractivity contribution is 6.02. The van der Waals surface area contributed by atoms with Crippen molar-refractivity contribution in [1.82, 2.24) is 0 Å². The largest absolute Gasteiger partial charge is 0.508 e. The number of carbonyl (C=O) groups excluding carboxylic acids is 1. The van der Waals surface area contributed by atoms with Crippen LogP contribution in [0.25, 0.3) is 0 Å². The summed E-state index contributed by atoms with van der Waals surface area (Å²) in [5.74, 6) is -1.62. The van der Waals surface area contributed by atoms with Crippen LogP contribution >= 0.6 is 0 Å². The van der Waals surface area contributed by atoms with Gasteiger partial charge in [0.15, 0.2) is 5.78 Å². The summed E-state index contributed by atoms with van der Waals surface area (Å²) >= 11 is 0. The van der Waals surface area contributed by atoms with Crippen LogP contribution in [0.3, 0.4) is 0 Å². The number of allylic oxidation sites excluding steroid dienone is 1. The molecule has 0 saturated carbocycles. The molecular weight excluding hydrogens is 184 g/mol. The van der Waals surface area contributed by atoms with Crippen LogP contribution < -0.4 is 0 Å².